The summed E-state index contributed by atoms with van der Waals surface area (Å²) >= 11 is 3.54. The molecule has 100 valence electrons. The first-order valence-corrected chi connectivity index (χ1v) is 7.01. The molecule has 0 aromatic heterocycles. The first-order chi connectivity index (χ1) is 9.02. The minimum atomic E-state index is -0.204. The van der Waals surface area contributed by atoms with E-state index in [4.69, 9.17) is 0 Å². The lowest BCUT2D eigenvalue weighted by atomic mass is 9.93. The number of hydrogen-bond acceptors (Lipinski definition) is 1. The number of benzene rings is 2. The zero-order chi connectivity index (χ0) is 14.0. The Morgan fingerprint density at radius 1 is 1.11 bits per heavy atom. The summed E-state index contributed by atoms with van der Waals surface area (Å²) in [4.78, 5) is 0. The van der Waals surface area contributed by atoms with Gasteiger partial charge in [0.1, 0.15) is 5.82 Å². The molecule has 3 heteroatoms. The summed E-state index contributed by atoms with van der Waals surface area (Å²) in [5.41, 5.74) is 4.47. The van der Waals surface area contributed by atoms with E-state index in [1.54, 1.807) is 12.1 Å². The monoisotopic (exact) mass is 321 g/mol. The number of nitrogens with one attached hydrogen (secondary N) is 1. The summed E-state index contributed by atoms with van der Waals surface area (Å²) in [6.45, 7) is 4.13. The van der Waals surface area contributed by atoms with Gasteiger partial charge < -0.3 is 5.32 Å². The number of rotatable bonds is 3. The third kappa shape index (κ3) is 3.04. The van der Waals surface area contributed by atoms with E-state index < -0.39 is 0 Å². The molecule has 19 heavy (non-hydrogen) atoms. The zero-order valence-electron chi connectivity index (χ0n) is 11.3. The number of aryl methyl sites for hydroxylation is 2. The van der Waals surface area contributed by atoms with Crippen LogP contribution in [0.25, 0.3) is 0 Å². The highest BCUT2D eigenvalue weighted by atomic mass is 79.9. The van der Waals surface area contributed by atoms with Crippen LogP contribution in [0.3, 0.4) is 0 Å². The van der Waals surface area contributed by atoms with E-state index in [9.17, 15) is 4.39 Å². The fourth-order valence-electron chi connectivity index (χ4n) is 2.30. The molecule has 0 radical (unpaired) electrons. The van der Waals surface area contributed by atoms with E-state index in [2.05, 4.69) is 47.2 Å². The summed E-state index contributed by atoms with van der Waals surface area (Å²) < 4.78 is 14.5. The van der Waals surface area contributed by atoms with Crippen LogP contribution in [-0.4, -0.2) is 7.05 Å². The number of halogens is 2. The van der Waals surface area contributed by atoms with Gasteiger partial charge in [0.2, 0.25) is 0 Å². The van der Waals surface area contributed by atoms with Gasteiger partial charge in [0.05, 0.1) is 6.04 Å². The Kier molecular flexibility index (Phi) is 4.38. The zero-order valence-corrected chi connectivity index (χ0v) is 12.9. The average Bonchev–Trinajstić information content (AvgIpc) is 2.36. The molecular weight excluding hydrogens is 305 g/mol. The van der Waals surface area contributed by atoms with Gasteiger partial charge in [0, 0.05) is 4.47 Å². The van der Waals surface area contributed by atoms with Gasteiger partial charge in [-0.2, -0.15) is 0 Å². The van der Waals surface area contributed by atoms with Crippen LogP contribution >= 0.6 is 15.9 Å². The fourth-order valence-corrected chi connectivity index (χ4v) is 2.76. The van der Waals surface area contributed by atoms with E-state index in [0.29, 0.717) is 0 Å². The Morgan fingerprint density at radius 2 is 1.84 bits per heavy atom. The topological polar surface area (TPSA) is 12.0 Å². The van der Waals surface area contributed by atoms with Gasteiger partial charge in [-0.05, 0) is 61.3 Å². The molecule has 1 nitrogen and oxygen atoms in total. The van der Waals surface area contributed by atoms with Crippen LogP contribution in [-0.2, 0) is 0 Å². The molecule has 0 saturated carbocycles. The van der Waals surface area contributed by atoms with E-state index in [0.717, 1.165) is 10.0 Å². The summed E-state index contributed by atoms with van der Waals surface area (Å²) in [6, 6.07) is 11.0. The molecule has 0 bridgehead atoms. The van der Waals surface area contributed by atoms with Gasteiger partial charge in [-0.1, -0.05) is 34.1 Å². The first-order valence-electron chi connectivity index (χ1n) is 6.22. The molecule has 0 aliphatic heterocycles. The molecule has 0 aliphatic carbocycles. The standard InChI is InChI=1S/C16H17BrFN/c1-10-8-15(17)11(2)7-14(10)16(19-3)12-5-4-6-13(18)9-12/h4-9,16,19H,1-3H3. The maximum Gasteiger partial charge on any atom is 0.123 e. The predicted molar refractivity (Wildman–Crippen MR) is 80.9 cm³/mol. The van der Waals surface area contributed by atoms with E-state index in [1.165, 1.54) is 22.8 Å². The van der Waals surface area contributed by atoms with Crippen molar-refractivity contribution in [3.63, 3.8) is 0 Å². The molecule has 2 aromatic carbocycles. The van der Waals surface area contributed by atoms with Gasteiger partial charge >= 0.3 is 0 Å². The van der Waals surface area contributed by atoms with Crippen LogP contribution in [0.5, 0.6) is 0 Å². The van der Waals surface area contributed by atoms with Gasteiger partial charge in [-0.3, -0.25) is 0 Å². The van der Waals surface area contributed by atoms with Gasteiger partial charge in [-0.15, -0.1) is 0 Å². The Bertz CT molecular complexity index is 595. The first kappa shape index (κ1) is 14.2. The molecule has 0 aliphatic rings. The lowest BCUT2D eigenvalue weighted by Crippen LogP contribution is -2.19. The van der Waals surface area contributed by atoms with Crippen LogP contribution in [0.4, 0.5) is 4.39 Å². The second-order valence-electron chi connectivity index (χ2n) is 4.73. The van der Waals surface area contributed by atoms with E-state index in [-0.39, 0.29) is 11.9 Å². The Labute approximate surface area is 122 Å². The third-order valence-corrected chi connectivity index (χ3v) is 4.18. The van der Waals surface area contributed by atoms with Crippen LogP contribution < -0.4 is 5.32 Å². The van der Waals surface area contributed by atoms with Crippen LogP contribution in [0.2, 0.25) is 0 Å². The van der Waals surface area contributed by atoms with Crippen molar-refractivity contribution < 1.29 is 4.39 Å². The van der Waals surface area contributed by atoms with Crippen molar-refractivity contribution in [2.45, 2.75) is 19.9 Å². The average molecular weight is 322 g/mol. The molecule has 1 atom stereocenters. The predicted octanol–water partition coefficient (Wildman–Crippen LogP) is 4.51. The molecule has 0 fully saturated rings. The van der Waals surface area contributed by atoms with Crippen molar-refractivity contribution >= 4 is 15.9 Å². The molecule has 2 rings (SSSR count). The molecule has 0 saturated heterocycles. The minimum Gasteiger partial charge on any atom is -0.309 e. The molecule has 1 unspecified atom stereocenters. The molecule has 0 amide bonds. The molecular formula is C16H17BrFN. The minimum absolute atomic E-state index is 0.00231. The van der Waals surface area contributed by atoms with Crippen molar-refractivity contribution in [2.75, 3.05) is 7.05 Å². The second-order valence-corrected chi connectivity index (χ2v) is 5.59. The maximum atomic E-state index is 13.4. The van der Waals surface area contributed by atoms with Gasteiger partial charge in [-0.25, -0.2) is 4.39 Å². The lowest BCUT2D eigenvalue weighted by molar-refractivity contribution is 0.616. The third-order valence-electron chi connectivity index (χ3n) is 3.33. The van der Waals surface area contributed by atoms with Crippen molar-refractivity contribution in [1.29, 1.82) is 0 Å². The van der Waals surface area contributed by atoms with Crippen molar-refractivity contribution in [3.05, 3.63) is 68.9 Å². The highest BCUT2D eigenvalue weighted by Crippen LogP contribution is 2.29. The quantitative estimate of drug-likeness (QED) is 0.876. The van der Waals surface area contributed by atoms with Crippen LogP contribution in [0, 0.1) is 19.7 Å². The van der Waals surface area contributed by atoms with E-state index in [1.807, 2.05) is 13.1 Å². The van der Waals surface area contributed by atoms with Gasteiger partial charge in [0.25, 0.3) is 0 Å². The van der Waals surface area contributed by atoms with Crippen LogP contribution in [0.1, 0.15) is 28.3 Å². The summed E-state index contributed by atoms with van der Waals surface area (Å²) in [5, 5.41) is 3.27. The highest BCUT2D eigenvalue weighted by molar-refractivity contribution is 9.10. The Hall–Kier alpha value is -1.19. The normalized spacial score (nSPS) is 12.5. The molecule has 1 N–H and O–H groups in total. The van der Waals surface area contributed by atoms with Crippen molar-refractivity contribution in [2.24, 2.45) is 0 Å². The highest BCUT2D eigenvalue weighted by Gasteiger charge is 2.15. The van der Waals surface area contributed by atoms with Crippen LogP contribution in [0.15, 0.2) is 40.9 Å². The maximum absolute atomic E-state index is 13.4. The second kappa shape index (κ2) is 5.85. The van der Waals surface area contributed by atoms with Crippen molar-refractivity contribution in [1.82, 2.24) is 5.32 Å². The molecule has 0 spiro atoms. The summed E-state index contributed by atoms with van der Waals surface area (Å²) in [6.07, 6.45) is 0. The molecule has 0 heterocycles. The SMILES string of the molecule is CNC(c1cccc(F)c1)c1cc(C)c(Br)cc1C. The summed E-state index contributed by atoms with van der Waals surface area (Å²) in [7, 11) is 1.90. The smallest absolute Gasteiger partial charge is 0.123 e. The largest absolute Gasteiger partial charge is 0.309 e. The van der Waals surface area contributed by atoms with Gasteiger partial charge in [0.15, 0.2) is 0 Å². The number of hydrogen-bond donors (Lipinski definition) is 1. The molecule has 2 aromatic rings. The van der Waals surface area contributed by atoms with Crippen molar-refractivity contribution in [3.8, 4) is 0 Å². The summed E-state index contributed by atoms with van der Waals surface area (Å²) in [5.74, 6) is -0.204. The fraction of sp³-hybridized carbons (Fsp3) is 0.250. The van der Waals surface area contributed by atoms with E-state index >= 15 is 0 Å². The lowest BCUT2D eigenvalue weighted by Gasteiger charge is -2.20. The Morgan fingerprint density at radius 3 is 2.47 bits per heavy atom. The Balaban J connectivity index is 2.51.